The Morgan fingerprint density at radius 2 is 1.25 bits per heavy atom. The van der Waals surface area contributed by atoms with Gasteiger partial charge in [0.2, 0.25) is 0 Å². The lowest BCUT2D eigenvalue weighted by atomic mass is 9.80. The molecule has 0 aliphatic carbocycles. The maximum absolute atomic E-state index is 13.0. The van der Waals surface area contributed by atoms with Crippen LogP contribution in [0.1, 0.15) is 76.1 Å². The van der Waals surface area contributed by atoms with Crippen molar-refractivity contribution in [2.45, 2.75) is 50.7 Å². The molecule has 0 fully saturated rings. The minimum atomic E-state index is -0.910. The molecule has 6 aromatic rings. The second kappa shape index (κ2) is 16.8. The fourth-order valence-electron chi connectivity index (χ4n) is 6.74. The Morgan fingerprint density at radius 1 is 0.667 bits per heavy atom. The summed E-state index contributed by atoms with van der Waals surface area (Å²) in [5.41, 5.74) is 4.17. The van der Waals surface area contributed by atoms with Crippen LogP contribution in [0.4, 0.5) is 0 Å². The predicted octanol–water partition coefficient (Wildman–Crippen LogP) is 8.82. The summed E-state index contributed by atoms with van der Waals surface area (Å²) >= 11 is 0. The molecule has 7 heteroatoms. The number of fused-ring (bicyclic) bond motifs is 1. The van der Waals surface area contributed by atoms with Crippen LogP contribution >= 0.6 is 0 Å². The van der Waals surface area contributed by atoms with E-state index in [2.05, 4.69) is 41.0 Å². The number of aryl methyl sites for hydroxylation is 2. The van der Waals surface area contributed by atoms with E-state index in [1.165, 1.54) is 7.11 Å². The summed E-state index contributed by atoms with van der Waals surface area (Å²) in [5.74, 6) is 0.0453. The molecular formula is C44H45N2O5+. The highest BCUT2D eigenvalue weighted by atomic mass is 16.5. The molecule has 260 valence electrons. The van der Waals surface area contributed by atoms with Gasteiger partial charge in [0.25, 0.3) is 0 Å². The van der Waals surface area contributed by atoms with Crippen molar-refractivity contribution in [3.8, 4) is 5.75 Å². The van der Waals surface area contributed by atoms with Crippen LogP contribution in [0.25, 0.3) is 10.9 Å². The first-order valence-corrected chi connectivity index (χ1v) is 17.7. The summed E-state index contributed by atoms with van der Waals surface area (Å²) in [6, 6.07) is 42.4. The third kappa shape index (κ3) is 8.21. The number of carbonyl (C=O) groups excluding carboxylic acids is 2. The molecule has 2 heterocycles. The molecule has 0 amide bonds. The van der Waals surface area contributed by atoms with Gasteiger partial charge in [-0.3, -0.25) is 0 Å². The van der Waals surface area contributed by atoms with Crippen LogP contribution in [0.2, 0.25) is 0 Å². The van der Waals surface area contributed by atoms with Crippen LogP contribution < -0.4 is 9.30 Å². The number of benzene rings is 4. The molecule has 0 bridgehead atoms. The highest BCUT2D eigenvalue weighted by molar-refractivity contribution is 5.96. The van der Waals surface area contributed by atoms with E-state index in [1.807, 2.05) is 103 Å². The van der Waals surface area contributed by atoms with E-state index in [9.17, 15) is 9.59 Å². The third-order valence-corrected chi connectivity index (χ3v) is 9.26. The van der Waals surface area contributed by atoms with Crippen molar-refractivity contribution in [2.24, 2.45) is 7.05 Å². The smallest absolute Gasteiger partial charge is 0.354 e. The normalized spacial score (nSPS) is 11.3. The van der Waals surface area contributed by atoms with Crippen LogP contribution in [-0.2, 0) is 28.7 Å². The molecular weight excluding hydrogens is 636 g/mol. The number of ether oxygens (including phenoxy) is 3. The van der Waals surface area contributed by atoms with Crippen LogP contribution in [0.5, 0.6) is 5.75 Å². The largest absolute Gasteiger partial charge is 0.473 e. The summed E-state index contributed by atoms with van der Waals surface area (Å²) in [6.07, 6.45) is 9.55. The van der Waals surface area contributed by atoms with Crippen LogP contribution in [-0.4, -0.2) is 30.2 Å². The molecule has 0 spiro atoms. The molecule has 2 aromatic heterocycles. The van der Waals surface area contributed by atoms with Crippen molar-refractivity contribution in [3.63, 3.8) is 0 Å². The molecule has 51 heavy (non-hydrogen) atoms. The van der Waals surface area contributed by atoms with Crippen molar-refractivity contribution in [2.75, 3.05) is 13.7 Å². The lowest BCUT2D eigenvalue weighted by molar-refractivity contribution is -0.671. The van der Waals surface area contributed by atoms with Gasteiger partial charge in [-0.25, -0.2) is 14.2 Å². The molecule has 0 saturated carbocycles. The van der Waals surface area contributed by atoms with Crippen LogP contribution in [0.15, 0.2) is 140 Å². The maximum Gasteiger partial charge on any atom is 0.354 e. The van der Waals surface area contributed by atoms with Gasteiger partial charge in [0.1, 0.15) is 24.1 Å². The fourth-order valence-corrected chi connectivity index (χ4v) is 6.74. The van der Waals surface area contributed by atoms with Crippen molar-refractivity contribution >= 4 is 22.8 Å². The zero-order valence-electron chi connectivity index (χ0n) is 29.4. The lowest BCUT2D eigenvalue weighted by Gasteiger charge is -2.36. The SMILES string of the molecule is COC(=O)c1cc2cc(OC(c3ccccc3)(c3ccccc3)c3ccccc3)ccc2n1CCCCCCCCOC(=O)c1ccc[n+](C)c1. The van der Waals surface area contributed by atoms with Gasteiger partial charge in [-0.2, -0.15) is 0 Å². The molecule has 0 aliphatic rings. The predicted molar refractivity (Wildman–Crippen MR) is 199 cm³/mol. The van der Waals surface area contributed by atoms with E-state index in [0.29, 0.717) is 30.2 Å². The lowest BCUT2D eigenvalue weighted by Crippen LogP contribution is -2.36. The Labute approximate surface area is 300 Å². The standard InChI is InChI=1S/C44H45N2O5/c1-45-28-18-19-34(33-45)42(47)50-30-17-6-4-3-5-16-29-46-40-27-26-39(31-35(40)32-41(46)43(48)49-2)51-44(36-20-10-7-11-21-36,37-22-12-8-13-23-37)38-24-14-9-15-25-38/h7-15,18-28,31-33H,3-6,16-17,29-30H2,1-2H3/q+1. The Bertz CT molecular complexity index is 1940. The van der Waals surface area contributed by atoms with E-state index < -0.39 is 5.60 Å². The molecule has 0 N–H and O–H groups in total. The van der Waals surface area contributed by atoms with Gasteiger partial charge in [0.05, 0.1) is 13.7 Å². The van der Waals surface area contributed by atoms with Crippen molar-refractivity contribution in [1.82, 2.24) is 4.57 Å². The highest BCUT2D eigenvalue weighted by Crippen LogP contribution is 2.42. The van der Waals surface area contributed by atoms with Gasteiger partial charge in [-0.1, -0.05) is 117 Å². The summed E-state index contributed by atoms with van der Waals surface area (Å²) in [7, 11) is 3.30. The first-order valence-electron chi connectivity index (χ1n) is 17.7. The van der Waals surface area contributed by atoms with Crippen molar-refractivity contribution in [3.05, 3.63) is 168 Å². The topological polar surface area (TPSA) is 70.6 Å². The Morgan fingerprint density at radius 3 is 1.84 bits per heavy atom. The molecule has 7 nitrogen and oxygen atoms in total. The number of nitrogens with zero attached hydrogens (tertiary/aromatic N) is 2. The summed E-state index contributed by atoms with van der Waals surface area (Å²) in [4.78, 5) is 25.2. The molecule has 0 atom stereocenters. The van der Waals surface area contributed by atoms with Gasteiger partial charge in [0, 0.05) is 40.2 Å². The summed E-state index contributed by atoms with van der Waals surface area (Å²) in [5, 5.41) is 0.912. The molecule has 0 unspecified atom stereocenters. The van der Waals surface area contributed by atoms with E-state index in [-0.39, 0.29) is 11.9 Å². The Balaban J connectivity index is 1.14. The number of pyridine rings is 1. The summed E-state index contributed by atoms with van der Waals surface area (Å²) < 4.78 is 21.7. The Kier molecular flexibility index (Phi) is 11.6. The number of rotatable bonds is 16. The molecule has 0 radical (unpaired) electrons. The first-order chi connectivity index (χ1) is 25.0. The number of methoxy groups -OCH3 is 1. The molecule has 4 aromatic carbocycles. The second-order valence-electron chi connectivity index (χ2n) is 12.8. The maximum atomic E-state index is 13.0. The van der Waals surface area contributed by atoms with E-state index in [4.69, 9.17) is 14.2 Å². The number of hydrogen-bond acceptors (Lipinski definition) is 5. The first kappa shape index (κ1) is 35.1. The van der Waals surface area contributed by atoms with Crippen LogP contribution in [0.3, 0.4) is 0 Å². The van der Waals surface area contributed by atoms with E-state index >= 15 is 0 Å². The number of hydrogen-bond donors (Lipinski definition) is 0. The Hall–Kier alpha value is -5.69. The number of carbonyl (C=O) groups is 2. The second-order valence-corrected chi connectivity index (χ2v) is 12.8. The van der Waals surface area contributed by atoms with Gasteiger partial charge in [0.15, 0.2) is 18.0 Å². The fraction of sp³-hybridized carbons (Fsp3) is 0.250. The van der Waals surface area contributed by atoms with Crippen molar-refractivity contribution < 1.29 is 28.4 Å². The minimum Gasteiger partial charge on any atom is -0.473 e. The highest BCUT2D eigenvalue weighted by Gasteiger charge is 2.39. The molecule has 0 saturated heterocycles. The third-order valence-electron chi connectivity index (χ3n) is 9.26. The number of unbranched alkanes of at least 4 members (excludes halogenated alkanes) is 5. The van der Waals surface area contributed by atoms with Gasteiger partial charge in [-0.05, 0) is 43.2 Å². The monoisotopic (exact) mass is 681 g/mol. The average molecular weight is 682 g/mol. The van der Waals surface area contributed by atoms with Gasteiger partial charge in [-0.15, -0.1) is 0 Å². The molecule has 0 aliphatic heterocycles. The van der Waals surface area contributed by atoms with Crippen LogP contribution in [0, 0.1) is 0 Å². The summed E-state index contributed by atoms with van der Waals surface area (Å²) in [6.45, 7) is 1.12. The number of aromatic nitrogens is 2. The van der Waals surface area contributed by atoms with Crippen molar-refractivity contribution in [1.29, 1.82) is 0 Å². The quantitative estimate of drug-likeness (QED) is 0.0442. The average Bonchev–Trinajstić information content (AvgIpc) is 3.54. The zero-order valence-corrected chi connectivity index (χ0v) is 29.4. The van der Waals surface area contributed by atoms with E-state index in [0.717, 1.165) is 66.1 Å². The van der Waals surface area contributed by atoms with Gasteiger partial charge >= 0.3 is 11.9 Å². The van der Waals surface area contributed by atoms with E-state index in [1.54, 1.807) is 12.3 Å². The number of esters is 2. The minimum absolute atomic E-state index is 0.284. The molecule has 6 rings (SSSR count). The zero-order chi connectivity index (χ0) is 35.5. The van der Waals surface area contributed by atoms with Gasteiger partial charge < -0.3 is 18.8 Å².